The lowest BCUT2D eigenvalue weighted by atomic mass is 9.47. The number of allylic oxidation sites excluding steroid dienone is 1. The molecule has 0 amide bonds. The minimum absolute atomic E-state index is 0.0790. The Morgan fingerprint density at radius 3 is 2.53 bits per heavy atom. The average molecular weight is 469 g/mol. The van der Waals surface area contributed by atoms with Gasteiger partial charge in [0.15, 0.2) is 0 Å². The molecule has 3 saturated carbocycles. The van der Waals surface area contributed by atoms with E-state index in [0.29, 0.717) is 16.9 Å². The van der Waals surface area contributed by atoms with Crippen molar-refractivity contribution in [3.63, 3.8) is 0 Å². The maximum absolute atomic E-state index is 11.4. The molecule has 0 aromatic rings. The molecule has 3 fully saturated rings. The predicted molar refractivity (Wildman–Crippen MR) is 144 cm³/mol. The van der Waals surface area contributed by atoms with E-state index in [9.17, 15) is 4.79 Å². The van der Waals surface area contributed by atoms with Crippen LogP contribution >= 0.6 is 0 Å². The van der Waals surface area contributed by atoms with Crippen molar-refractivity contribution < 1.29 is 4.79 Å². The molecule has 0 aliphatic heterocycles. The van der Waals surface area contributed by atoms with Crippen LogP contribution < -0.4 is 5.32 Å². The molecule has 2 heteroatoms. The lowest BCUT2D eigenvalue weighted by Gasteiger charge is -2.58. The first kappa shape index (κ1) is 26.4. The van der Waals surface area contributed by atoms with E-state index in [-0.39, 0.29) is 6.04 Å². The summed E-state index contributed by atoms with van der Waals surface area (Å²) in [5.74, 6) is 5.40. The third-order valence-electron chi connectivity index (χ3n) is 11.5. The maximum atomic E-state index is 11.4. The van der Waals surface area contributed by atoms with Crippen molar-refractivity contribution in [3.05, 3.63) is 11.6 Å². The molecule has 4 aliphatic carbocycles. The first-order valence-corrected chi connectivity index (χ1v) is 15.1. The van der Waals surface area contributed by atoms with Gasteiger partial charge < -0.3 is 5.32 Å². The van der Waals surface area contributed by atoms with Crippen LogP contribution in [-0.4, -0.2) is 18.4 Å². The van der Waals surface area contributed by atoms with Crippen LogP contribution in [0.4, 0.5) is 0 Å². The topological polar surface area (TPSA) is 29.1 Å². The number of carbonyl (C=O) groups excluding carboxylic acids is 1. The Morgan fingerprint density at radius 1 is 1.03 bits per heavy atom. The van der Waals surface area contributed by atoms with E-state index >= 15 is 0 Å². The van der Waals surface area contributed by atoms with Crippen molar-refractivity contribution >= 4 is 6.29 Å². The van der Waals surface area contributed by atoms with Crippen molar-refractivity contribution in [2.45, 2.75) is 137 Å². The highest BCUT2D eigenvalue weighted by Crippen LogP contribution is 2.67. The van der Waals surface area contributed by atoms with Crippen molar-refractivity contribution in [2.75, 3.05) is 0 Å². The molecular weight excluding hydrogens is 414 g/mol. The predicted octanol–water partition coefficient (Wildman–Crippen LogP) is 8.26. The summed E-state index contributed by atoms with van der Waals surface area (Å²) in [4.78, 5) is 11.4. The normalized spacial score (nSPS) is 41.3. The summed E-state index contributed by atoms with van der Waals surface area (Å²) >= 11 is 0. The van der Waals surface area contributed by atoms with Crippen LogP contribution in [0.2, 0.25) is 0 Å². The molecule has 0 heterocycles. The molecule has 4 aliphatic rings. The third kappa shape index (κ3) is 4.96. The minimum atomic E-state index is -0.0790. The zero-order chi connectivity index (χ0) is 24.5. The van der Waals surface area contributed by atoms with Crippen molar-refractivity contribution in [3.8, 4) is 0 Å². The summed E-state index contributed by atoms with van der Waals surface area (Å²) in [5, 5.41) is 3.65. The Morgan fingerprint density at radius 2 is 1.82 bits per heavy atom. The lowest BCUT2D eigenvalue weighted by molar-refractivity contribution is -0.0515. The summed E-state index contributed by atoms with van der Waals surface area (Å²) in [5.41, 5.74) is 2.69. The Bertz CT molecular complexity index is 727. The summed E-state index contributed by atoms with van der Waals surface area (Å²) in [6.45, 7) is 14.8. The van der Waals surface area contributed by atoms with E-state index in [1.165, 1.54) is 64.2 Å². The number of nitrogens with one attached hydrogen (secondary N) is 1. The Labute approximate surface area is 211 Å². The standard InChI is InChI=1S/C32H54NO/c1-7-9-26(21-34)33-25-16-18-31(5)24(20-25)12-13-27-29-15-14-28(23(4)11-8-10-22(2)3)32(29,6)19-17-30(27)31/h12,22-23,25-30,33H,7-11,13-20H2,1-6H3/t23-,25+,26?,27+,28-,29+,30+,31+,32-/m1/s1. The average Bonchev–Trinajstić information content (AvgIpc) is 3.16. The molecular formula is C32H54NO. The highest BCUT2D eigenvalue weighted by Gasteiger charge is 2.59. The lowest BCUT2D eigenvalue weighted by Crippen LogP contribution is -2.52. The van der Waals surface area contributed by atoms with E-state index in [4.69, 9.17) is 0 Å². The quantitative estimate of drug-likeness (QED) is 0.327. The summed E-state index contributed by atoms with van der Waals surface area (Å²) < 4.78 is 0. The third-order valence-corrected chi connectivity index (χ3v) is 11.5. The van der Waals surface area contributed by atoms with E-state index in [1.807, 2.05) is 0 Å². The van der Waals surface area contributed by atoms with Crippen LogP contribution in [0.15, 0.2) is 11.6 Å². The van der Waals surface area contributed by atoms with Crippen LogP contribution in [0.25, 0.3) is 0 Å². The van der Waals surface area contributed by atoms with Gasteiger partial charge in [0.05, 0.1) is 6.04 Å². The molecule has 0 saturated heterocycles. The summed E-state index contributed by atoms with van der Waals surface area (Å²) in [7, 11) is 0. The fourth-order valence-electron chi connectivity index (χ4n) is 9.58. The molecule has 1 radical (unpaired) electrons. The van der Waals surface area contributed by atoms with Gasteiger partial charge in [0.2, 0.25) is 6.29 Å². The molecule has 4 rings (SSSR count). The van der Waals surface area contributed by atoms with Gasteiger partial charge in [-0.15, -0.1) is 0 Å². The van der Waals surface area contributed by atoms with Crippen molar-refractivity contribution in [1.29, 1.82) is 0 Å². The van der Waals surface area contributed by atoms with Crippen LogP contribution in [0, 0.1) is 46.3 Å². The van der Waals surface area contributed by atoms with Gasteiger partial charge in [-0.2, -0.15) is 0 Å². The Hall–Kier alpha value is -0.630. The molecule has 2 nitrogen and oxygen atoms in total. The molecule has 193 valence electrons. The van der Waals surface area contributed by atoms with Crippen LogP contribution in [0.1, 0.15) is 125 Å². The Kier molecular flexibility index (Phi) is 8.38. The van der Waals surface area contributed by atoms with Gasteiger partial charge in [0.25, 0.3) is 0 Å². The van der Waals surface area contributed by atoms with E-state index in [2.05, 4.69) is 59.2 Å². The van der Waals surface area contributed by atoms with Gasteiger partial charge in [0.1, 0.15) is 0 Å². The molecule has 1 N–H and O–H groups in total. The Balaban J connectivity index is 1.43. The zero-order valence-electron chi connectivity index (χ0n) is 23.3. The SMILES string of the molecule is CCCC([C]=O)N[C@H]1CC[C@@]2(C)C(=CC[C@H]3[C@@H]4CC[C@H]([C@H](C)CCCC(C)C)[C@@]4(C)CC[C@@H]32)C1. The molecule has 0 aromatic carbocycles. The molecule has 9 atom stereocenters. The van der Waals surface area contributed by atoms with Crippen LogP contribution in [-0.2, 0) is 4.79 Å². The van der Waals surface area contributed by atoms with Crippen molar-refractivity contribution in [1.82, 2.24) is 5.32 Å². The summed E-state index contributed by atoms with van der Waals surface area (Å²) in [6.07, 6.45) is 22.0. The molecule has 0 bridgehead atoms. The fraction of sp³-hybridized carbons (Fsp3) is 0.906. The van der Waals surface area contributed by atoms with Gasteiger partial charge in [-0.25, -0.2) is 0 Å². The second-order valence-electron chi connectivity index (χ2n) is 13.9. The smallest absolute Gasteiger partial charge is 0.216 e. The largest absolute Gasteiger partial charge is 0.304 e. The minimum Gasteiger partial charge on any atom is -0.304 e. The van der Waals surface area contributed by atoms with E-state index < -0.39 is 0 Å². The van der Waals surface area contributed by atoms with E-state index in [0.717, 1.165) is 54.8 Å². The first-order valence-electron chi connectivity index (χ1n) is 15.1. The first-order chi connectivity index (χ1) is 16.2. The van der Waals surface area contributed by atoms with Gasteiger partial charge >= 0.3 is 0 Å². The van der Waals surface area contributed by atoms with Crippen LogP contribution in [0.5, 0.6) is 0 Å². The van der Waals surface area contributed by atoms with Gasteiger partial charge in [0, 0.05) is 6.04 Å². The number of rotatable bonds is 10. The second kappa shape index (κ2) is 10.8. The highest BCUT2D eigenvalue weighted by atomic mass is 16.1. The zero-order valence-corrected chi connectivity index (χ0v) is 23.3. The van der Waals surface area contributed by atoms with Gasteiger partial charge in [-0.1, -0.05) is 78.9 Å². The van der Waals surface area contributed by atoms with Gasteiger partial charge in [-0.3, -0.25) is 4.79 Å². The van der Waals surface area contributed by atoms with Crippen molar-refractivity contribution in [2.24, 2.45) is 46.3 Å². The second-order valence-corrected chi connectivity index (χ2v) is 13.9. The molecule has 34 heavy (non-hydrogen) atoms. The summed E-state index contributed by atoms with van der Waals surface area (Å²) in [6, 6.07) is 0.384. The fourth-order valence-corrected chi connectivity index (χ4v) is 9.58. The maximum Gasteiger partial charge on any atom is 0.216 e. The van der Waals surface area contributed by atoms with Crippen LogP contribution in [0.3, 0.4) is 0 Å². The number of hydrogen-bond donors (Lipinski definition) is 1. The number of fused-ring (bicyclic) bond motifs is 5. The number of hydrogen-bond acceptors (Lipinski definition) is 2. The molecule has 1 unspecified atom stereocenters. The highest BCUT2D eigenvalue weighted by molar-refractivity contribution is 5.58. The van der Waals surface area contributed by atoms with E-state index in [1.54, 1.807) is 5.57 Å². The molecule has 0 spiro atoms. The molecule has 0 aromatic heterocycles. The monoisotopic (exact) mass is 468 g/mol. The van der Waals surface area contributed by atoms with Gasteiger partial charge in [-0.05, 0) is 104 Å².